The largest absolute Gasteiger partial charge is 0.493 e. The van der Waals surface area contributed by atoms with E-state index in [0.717, 1.165) is 27.5 Å². The lowest BCUT2D eigenvalue weighted by molar-refractivity contribution is 0.102. The summed E-state index contributed by atoms with van der Waals surface area (Å²) in [5.41, 5.74) is 2.10. The number of rotatable bonds is 5. The molecule has 0 aliphatic heterocycles. The number of aromatic amines is 1. The van der Waals surface area contributed by atoms with Crippen LogP contribution in [0.5, 0.6) is 11.5 Å². The fourth-order valence-electron chi connectivity index (χ4n) is 3.39. The average Bonchev–Trinajstić information content (AvgIpc) is 2.70. The Labute approximate surface area is 173 Å². The molecule has 0 atom stereocenters. The number of H-pyrrole nitrogens is 1. The lowest BCUT2D eigenvalue weighted by Gasteiger charge is -2.14. The molecular weight excluding hydrogens is 386 g/mol. The maximum absolute atomic E-state index is 13.0. The zero-order valence-corrected chi connectivity index (χ0v) is 17.5. The molecule has 156 valence electrons. The minimum absolute atomic E-state index is 0.191. The van der Waals surface area contributed by atoms with E-state index in [1.165, 1.54) is 26.4 Å². The summed E-state index contributed by atoms with van der Waals surface area (Å²) in [6, 6.07) is 8.49. The van der Waals surface area contributed by atoms with Crippen LogP contribution in [0.25, 0.3) is 5.69 Å². The van der Waals surface area contributed by atoms with E-state index in [2.05, 4.69) is 10.3 Å². The molecule has 3 aromatic rings. The van der Waals surface area contributed by atoms with Crippen molar-refractivity contribution in [3.05, 3.63) is 79.6 Å². The highest BCUT2D eigenvalue weighted by Crippen LogP contribution is 2.28. The van der Waals surface area contributed by atoms with E-state index in [1.807, 2.05) is 32.9 Å². The van der Waals surface area contributed by atoms with Gasteiger partial charge in [-0.1, -0.05) is 17.7 Å². The van der Waals surface area contributed by atoms with Crippen LogP contribution in [-0.4, -0.2) is 29.7 Å². The Kier molecular flexibility index (Phi) is 5.77. The summed E-state index contributed by atoms with van der Waals surface area (Å²) < 4.78 is 11.3. The number of ether oxygens (including phenoxy) is 2. The third-order valence-corrected chi connectivity index (χ3v) is 4.76. The van der Waals surface area contributed by atoms with Crippen LogP contribution in [0, 0.1) is 20.8 Å². The topological polar surface area (TPSA) is 102 Å². The second kappa shape index (κ2) is 8.28. The maximum Gasteiger partial charge on any atom is 0.333 e. The highest BCUT2D eigenvalue weighted by Gasteiger charge is 2.18. The number of carbonyl (C=O) groups is 1. The summed E-state index contributed by atoms with van der Waals surface area (Å²) in [6.45, 7) is 5.73. The Morgan fingerprint density at radius 3 is 2.20 bits per heavy atom. The fourth-order valence-corrected chi connectivity index (χ4v) is 3.39. The molecule has 1 aromatic heterocycles. The van der Waals surface area contributed by atoms with E-state index >= 15 is 0 Å². The van der Waals surface area contributed by atoms with Crippen LogP contribution in [-0.2, 0) is 0 Å². The van der Waals surface area contributed by atoms with Gasteiger partial charge >= 0.3 is 5.69 Å². The molecule has 3 rings (SSSR count). The Morgan fingerprint density at radius 1 is 0.967 bits per heavy atom. The van der Waals surface area contributed by atoms with Crippen LogP contribution in [0.1, 0.15) is 27.0 Å². The first-order valence-corrected chi connectivity index (χ1v) is 9.23. The van der Waals surface area contributed by atoms with Crippen LogP contribution in [0.3, 0.4) is 0 Å². The third-order valence-electron chi connectivity index (χ3n) is 4.76. The lowest BCUT2D eigenvalue weighted by Crippen LogP contribution is -2.38. The van der Waals surface area contributed by atoms with E-state index in [0.29, 0.717) is 17.2 Å². The predicted octanol–water partition coefficient (Wildman–Crippen LogP) is 2.72. The maximum atomic E-state index is 13.0. The standard InChI is InChI=1S/C22H23N3O5/c1-12-8-13(2)19(14(3)9-12)24-20(26)16-11-23-22(28)25(21(16)27)15-6-7-17(29-4)18(10-15)30-5/h6-11H,1-5H3,(H,23,28)(H,24,26). The van der Waals surface area contributed by atoms with Gasteiger partial charge in [-0.15, -0.1) is 0 Å². The van der Waals surface area contributed by atoms with Gasteiger partial charge in [0.15, 0.2) is 11.5 Å². The molecule has 0 aliphatic carbocycles. The molecule has 0 bridgehead atoms. The molecule has 2 aromatic carbocycles. The zero-order chi connectivity index (χ0) is 22.0. The fraction of sp³-hybridized carbons (Fsp3) is 0.227. The van der Waals surface area contributed by atoms with Gasteiger partial charge in [0.05, 0.1) is 19.9 Å². The Hall–Kier alpha value is -3.81. The second-order valence-electron chi connectivity index (χ2n) is 6.92. The van der Waals surface area contributed by atoms with Crippen LogP contribution in [0.4, 0.5) is 5.69 Å². The number of nitrogens with zero attached hydrogens (tertiary/aromatic N) is 1. The van der Waals surface area contributed by atoms with Gasteiger partial charge in [0.25, 0.3) is 11.5 Å². The van der Waals surface area contributed by atoms with E-state index in [4.69, 9.17) is 9.47 Å². The smallest absolute Gasteiger partial charge is 0.333 e. The van der Waals surface area contributed by atoms with Gasteiger partial charge in [-0.05, 0) is 44.0 Å². The van der Waals surface area contributed by atoms with Crippen molar-refractivity contribution in [1.82, 2.24) is 9.55 Å². The van der Waals surface area contributed by atoms with Crippen molar-refractivity contribution in [2.75, 3.05) is 19.5 Å². The summed E-state index contributed by atoms with van der Waals surface area (Å²) in [4.78, 5) is 40.7. The molecule has 30 heavy (non-hydrogen) atoms. The second-order valence-corrected chi connectivity index (χ2v) is 6.92. The molecule has 0 saturated carbocycles. The first-order chi connectivity index (χ1) is 14.3. The molecule has 1 amide bonds. The number of aryl methyl sites for hydroxylation is 3. The molecule has 8 heteroatoms. The van der Waals surface area contributed by atoms with Crippen molar-refractivity contribution in [3.8, 4) is 17.2 Å². The molecule has 0 aliphatic rings. The molecule has 1 heterocycles. The van der Waals surface area contributed by atoms with Gasteiger partial charge < -0.3 is 19.8 Å². The number of methoxy groups -OCH3 is 2. The quantitative estimate of drug-likeness (QED) is 0.675. The number of anilines is 1. The van der Waals surface area contributed by atoms with Crippen molar-refractivity contribution >= 4 is 11.6 Å². The number of nitrogens with one attached hydrogen (secondary N) is 2. The Morgan fingerprint density at radius 2 is 1.60 bits per heavy atom. The van der Waals surface area contributed by atoms with Crippen LogP contribution >= 0.6 is 0 Å². The van der Waals surface area contributed by atoms with Gasteiger partial charge in [0.2, 0.25) is 0 Å². The normalized spacial score (nSPS) is 10.6. The summed E-state index contributed by atoms with van der Waals surface area (Å²) in [5, 5.41) is 2.78. The monoisotopic (exact) mass is 409 g/mol. The Balaban J connectivity index is 2.07. The van der Waals surface area contributed by atoms with Gasteiger partial charge in [-0.2, -0.15) is 0 Å². The summed E-state index contributed by atoms with van der Waals surface area (Å²) in [7, 11) is 2.93. The zero-order valence-electron chi connectivity index (χ0n) is 17.5. The molecule has 2 N–H and O–H groups in total. The molecular formula is C22H23N3O5. The van der Waals surface area contributed by atoms with E-state index in [9.17, 15) is 14.4 Å². The van der Waals surface area contributed by atoms with Crippen LogP contribution in [0.15, 0.2) is 46.1 Å². The minimum Gasteiger partial charge on any atom is -0.493 e. The number of hydrogen-bond acceptors (Lipinski definition) is 5. The highest BCUT2D eigenvalue weighted by atomic mass is 16.5. The SMILES string of the molecule is COc1ccc(-n2c(=O)[nH]cc(C(=O)Nc3c(C)cc(C)cc3C)c2=O)cc1OC. The van der Waals surface area contributed by atoms with Gasteiger partial charge in [0, 0.05) is 18.0 Å². The van der Waals surface area contributed by atoms with E-state index in [-0.39, 0.29) is 11.3 Å². The summed E-state index contributed by atoms with van der Waals surface area (Å²) in [5.74, 6) is 0.188. The van der Waals surface area contributed by atoms with E-state index < -0.39 is 17.2 Å². The number of benzene rings is 2. The van der Waals surface area contributed by atoms with E-state index in [1.54, 1.807) is 6.07 Å². The molecule has 0 radical (unpaired) electrons. The van der Waals surface area contributed by atoms with Crippen molar-refractivity contribution in [3.63, 3.8) is 0 Å². The van der Waals surface area contributed by atoms with Gasteiger partial charge in [-0.25, -0.2) is 9.36 Å². The minimum atomic E-state index is -0.745. The lowest BCUT2D eigenvalue weighted by atomic mass is 10.0. The summed E-state index contributed by atoms with van der Waals surface area (Å²) in [6.07, 6.45) is 1.12. The first kappa shape index (κ1) is 20.9. The Bertz CT molecular complexity index is 1220. The van der Waals surface area contributed by atoms with Crippen molar-refractivity contribution in [2.24, 2.45) is 0 Å². The van der Waals surface area contributed by atoms with Crippen molar-refractivity contribution < 1.29 is 14.3 Å². The van der Waals surface area contributed by atoms with Gasteiger partial charge in [0.1, 0.15) is 5.56 Å². The van der Waals surface area contributed by atoms with Gasteiger partial charge in [-0.3, -0.25) is 9.59 Å². The summed E-state index contributed by atoms with van der Waals surface area (Å²) >= 11 is 0. The predicted molar refractivity (Wildman–Crippen MR) is 114 cm³/mol. The van der Waals surface area contributed by atoms with Crippen molar-refractivity contribution in [2.45, 2.75) is 20.8 Å². The molecule has 0 saturated heterocycles. The molecule has 8 nitrogen and oxygen atoms in total. The average molecular weight is 409 g/mol. The number of hydrogen-bond donors (Lipinski definition) is 2. The first-order valence-electron chi connectivity index (χ1n) is 9.23. The number of amides is 1. The number of aromatic nitrogens is 2. The van der Waals surface area contributed by atoms with Crippen molar-refractivity contribution in [1.29, 1.82) is 0 Å². The molecule has 0 spiro atoms. The molecule has 0 unspecified atom stereocenters. The number of carbonyl (C=O) groups excluding carboxylic acids is 1. The van der Waals surface area contributed by atoms with Crippen LogP contribution < -0.4 is 26.0 Å². The van der Waals surface area contributed by atoms with Crippen LogP contribution in [0.2, 0.25) is 0 Å². The highest BCUT2D eigenvalue weighted by molar-refractivity contribution is 6.04. The molecule has 0 fully saturated rings. The third kappa shape index (κ3) is 3.84.